The minimum atomic E-state index is -0.179. The predicted octanol–water partition coefficient (Wildman–Crippen LogP) is 2.39. The molecule has 4 rings (SSSR count). The molecular formula is C19H21N5O2S. The van der Waals surface area contributed by atoms with E-state index in [0.29, 0.717) is 34.4 Å². The topological polar surface area (TPSA) is 81.8 Å². The maximum Gasteiger partial charge on any atom is 0.265 e. The Morgan fingerprint density at radius 1 is 1.33 bits per heavy atom. The van der Waals surface area contributed by atoms with Gasteiger partial charge < -0.3 is 5.32 Å². The van der Waals surface area contributed by atoms with Crippen molar-refractivity contribution in [1.82, 2.24) is 24.6 Å². The van der Waals surface area contributed by atoms with Gasteiger partial charge in [0.05, 0.1) is 17.9 Å². The fourth-order valence-corrected chi connectivity index (χ4v) is 4.27. The van der Waals surface area contributed by atoms with Crippen molar-refractivity contribution >= 4 is 28.7 Å². The smallest absolute Gasteiger partial charge is 0.265 e. The number of hydrogen-bond donors (Lipinski definition) is 1. The lowest BCUT2D eigenvalue weighted by molar-refractivity contribution is -0.121. The third-order valence-electron chi connectivity index (χ3n) is 4.50. The van der Waals surface area contributed by atoms with Crippen LogP contribution in [0.5, 0.6) is 0 Å². The highest BCUT2D eigenvalue weighted by Crippen LogP contribution is 2.33. The molecule has 3 aromatic rings. The molecular weight excluding hydrogens is 362 g/mol. The maximum absolute atomic E-state index is 13.0. The van der Waals surface area contributed by atoms with Gasteiger partial charge in [0, 0.05) is 18.7 Å². The summed E-state index contributed by atoms with van der Waals surface area (Å²) in [6, 6.07) is 9.44. The second-order valence-electron chi connectivity index (χ2n) is 7.07. The zero-order chi connectivity index (χ0) is 19.0. The van der Waals surface area contributed by atoms with Crippen LogP contribution in [0.1, 0.15) is 26.3 Å². The van der Waals surface area contributed by atoms with E-state index in [1.54, 1.807) is 15.4 Å². The minimum absolute atomic E-state index is 0.0332. The molecule has 7 nitrogen and oxygen atoms in total. The first-order valence-corrected chi connectivity index (χ1v) is 9.98. The number of aromatic nitrogens is 4. The molecule has 0 saturated heterocycles. The molecule has 1 aliphatic rings. The first-order valence-electron chi connectivity index (χ1n) is 8.99. The summed E-state index contributed by atoms with van der Waals surface area (Å²) in [6.45, 7) is 4.74. The standard InChI is InChI=1S/C19H21N5O2S/c1-12(2)9-20-16(25)8-14-11-27-19-22-17-15(18(26)23(14)19)10-21-24(17)13-6-4-3-5-7-13/h3-7,10,12,14H,8-9,11H2,1-2H3,(H,20,25). The molecule has 1 N–H and O–H groups in total. The largest absolute Gasteiger partial charge is 0.356 e. The Hall–Kier alpha value is -2.61. The molecule has 0 fully saturated rings. The Morgan fingerprint density at radius 3 is 2.85 bits per heavy atom. The van der Waals surface area contributed by atoms with Crippen molar-refractivity contribution in [1.29, 1.82) is 0 Å². The van der Waals surface area contributed by atoms with Crippen molar-refractivity contribution in [2.45, 2.75) is 31.5 Å². The lowest BCUT2D eigenvalue weighted by Gasteiger charge is -2.14. The lowest BCUT2D eigenvalue weighted by atomic mass is 10.2. The summed E-state index contributed by atoms with van der Waals surface area (Å²) in [5.74, 6) is 1.03. The highest BCUT2D eigenvalue weighted by molar-refractivity contribution is 7.99. The van der Waals surface area contributed by atoms with Crippen LogP contribution in [-0.2, 0) is 4.79 Å². The third-order valence-corrected chi connectivity index (χ3v) is 5.60. The molecule has 27 heavy (non-hydrogen) atoms. The zero-order valence-corrected chi connectivity index (χ0v) is 16.1. The van der Waals surface area contributed by atoms with Gasteiger partial charge in [0.2, 0.25) is 5.91 Å². The summed E-state index contributed by atoms with van der Waals surface area (Å²) >= 11 is 1.51. The number of hydrogen-bond acceptors (Lipinski definition) is 5. The van der Waals surface area contributed by atoms with Crippen LogP contribution in [0.2, 0.25) is 0 Å². The third kappa shape index (κ3) is 3.37. The van der Waals surface area contributed by atoms with Crippen LogP contribution in [0.25, 0.3) is 16.7 Å². The monoisotopic (exact) mass is 383 g/mol. The number of para-hydroxylation sites is 1. The number of carbonyl (C=O) groups excluding carboxylic acids is 1. The van der Waals surface area contributed by atoms with Gasteiger partial charge in [-0.05, 0) is 18.1 Å². The van der Waals surface area contributed by atoms with Gasteiger partial charge in [-0.3, -0.25) is 14.2 Å². The first kappa shape index (κ1) is 17.8. The van der Waals surface area contributed by atoms with E-state index < -0.39 is 0 Å². The van der Waals surface area contributed by atoms with Gasteiger partial charge in [0.1, 0.15) is 5.39 Å². The van der Waals surface area contributed by atoms with Crippen LogP contribution in [0.15, 0.2) is 46.5 Å². The summed E-state index contributed by atoms with van der Waals surface area (Å²) < 4.78 is 3.33. The van der Waals surface area contributed by atoms with E-state index in [9.17, 15) is 9.59 Å². The minimum Gasteiger partial charge on any atom is -0.356 e. The van der Waals surface area contributed by atoms with E-state index in [0.717, 1.165) is 5.69 Å². The van der Waals surface area contributed by atoms with Gasteiger partial charge in [0.15, 0.2) is 10.8 Å². The molecule has 1 aliphatic heterocycles. The molecule has 1 amide bonds. The van der Waals surface area contributed by atoms with Gasteiger partial charge in [-0.15, -0.1) is 0 Å². The molecule has 0 radical (unpaired) electrons. The highest BCUT2D eigenvalue weighted by atomic mass is 32.2. The van der Waals surface area contributed by atoms with Crippen LogP contribution in [0.3, 0.4) is 0 Å². The Morgan fingerprint density at radius 2 is 2.11 bits per heavy atom. The average Bonchev–Trinajstić information content (AvgIpc) is 3.26. The van der Waals surface area contributed by atoms with Crippen molar-refractivity contribution in [3.63, 3.8) is 0 Å². The summed E-state index contributed by atoms with van der Waals surface area (Å²) in [5.41, 5.74) is 1.27. The van der Waals surface area contributed by atoms with E-state index in [1.165, 1.54) is 11.8 Å². The normalized spacial score (nSPS) is 16.0. The number of benzene rings is 1. The predicted molar refractivity (Wildman–Crippen MR) is 105 cm³/mol. The van der Waals surface area contributed by atoms with E-state index >= 15 is 0 Å². The molecule has 8 heteroatoms. The molecule has 140 valence electrons. The number of rotatable bonds is 5. The van der Waals surface area contributed by atoms with E-state index in [4.69, 9.17) is 0 Å². The second kappa shape index (κ2) is 7.19. The van der Waals surface area contributed by atoms with E-state index in [2.05, 4.69) is 29.2 Å². The molecule has 0 saturated carbocycles. The summed E-state index contributed by atoms with van der Waals surface area (Å²) in [5, 5.41) is 8.39. The first-order chi connectivity index (χ1) is 13.0. The van der Waals surface area contributed by atoms with Gasteiger partial charge in [0.25, 0.3) is 5.56 Å². The quantitative estimate of drug-likeness (QED) is 0.684. The van der Waals surface area contributed by atoms with Crippen LogP contribution in [-0.4, -0.2) is 37.5 Å². The highest BCUT2D eigenvalue weighted by Gasteiger charge is 2.29. The molecule has 0 bridgehead atoms. The summed E-state index contributed by atoms with van der Waals surface area (Å²) in [7, 11) is 0. The Kier molecular flexibility index (Phi) is 4.73. The van der Waals surface area contributed by atoms with Crippen molar-refractivity contribution in [2.24, 2.45) is 5.92 Å². The van der Waals surface area contributed by atoms with Gasteiger partial charge >= 0.3 is 0 Å². The number of nitrogens with zero attached hydrogens (tertiary/aromatic N) is 4. The van der Waals surface area contributed by atoms with Crippen LogP contribution in [0, 0.1) is 5.92 Å². The number of nitrogens with one attached hydrogen (secondary N) is 1. The SMILES string of the molecule is CC(C)CNC(=O)CC1CSc2nc3c(cnn3-c3ccccc3)c(=O)n21. The Balaban J connectivity index is 1.67. The molecule has 2 aromatic heterocycles. The second-order valence-corrected chi connectivity index (χ2v) is 8.05. The van der Waals surface area contributed by atoms with Gasteiger partial charge in [-0.25, -0.2) is 9.67 Å². The van der Waals surface area contributed by atoms with Crippen molar-refractivity contribution < 1.29 is 4.79 Å². The van der Waals surface area contributed by atoms with Crippen molar-refractivity contribution in [3.8, 4) is 5.69 Å². The number of amides is 1. The summed E-state index contributed by atoms with van der Waals surface area (Å²) in [4.78, 5) is 29.9. The number of carbonyl (C=O) groups is 1. The molecule has 0 aliphatic carbocycles. The maximum atomic E-state index is 13.0. The Bertz CT molecular complexity index is 1040. The van der Waals surface area contributed by atoms with E-state index in [-0.39, 0.29) is 23.9 Å². The molecule has 1 atom stereocenters. The van der Waals surface area contributed by atoms with Gasteiger partial charge in [-0.1, -0.05) is 43.8 Å². The lowest BCUT2D eigenvalue weighted by Crippen LogP contribution is -2.32. The van der Waals surface area contributed by atoms with Crippen molar-refractivity contribution in [3.05, 3.63) is 46.9 Å². The molecule has 1 unspecified atom stereocenters. The molecule has 0 spiro atoms. The Labute approximate surface area is 160 Å². The number of thioether (sulfide) groups is 1. The van der Waals surface area contributed by atoms with Crippen LogP contribution >= 0.6 is 11.8 Å². The van der Waals surface area contributed by atoms with Crippen LogP contribution in [0.4, 0.5) is 0 Å². The molecule has 1 aromatic carbocycles. The van der Waals surface area contributed by atoms with Crippen LogP contribution < -0.4 is 10.9 Å². The fourth-order valence-electron chi connectivity index (χ4n) is 3.14. The fraction of sp³-hybridized carbons (Fsp3) is 0.368. The zero-order valence-electron chi connectivity index (χ0n) is 15.3. The van der Waals surface area contributed by atoms with E-state index in [1.807, 2.05) is 30.3 Å². The summed E-state index contributed by atoms with van der Waals surface area (Å²) in [6.07, 6.45) is 1.84. The van der Waals surface area contributed by atoms with Gasteiger partial charge in [-0.2, -0.15) is 5.10 Å². The average molecular weight is 383 g/mol. The van der Waals surface area contributed by atoms with Crippen molar-refractivity contribution in [2.75, 3.05) is 12.3 Å². The molecule has 3 heterocycles. The number of fused-ring (bicyclic) bond motifs is 2.